The first-order valence-corrected chi connectivity index (χ1v) is 8.11. The Kier molecular flexibility index (Phi) is 5.64. The van der Waals surface area contributed by atoms with E-state index in [4.69, 9.17) is 0 Å². The summed E-state index contributed by atoms with van der Waals surface area (Å²) >= 11 is 1.64. The number of aromatic nitrogens is 3. The van der Waals surface area contributed by atoms with Crippen molar-refractivity contribution in [3.05, 3.63) is 46.4 Å². The van der Waals surface area contributed by atoms with Crippen molar-refractivity contribution in [2.45, 2.75) is 36.7 Å². The molecule has 2 aromatic rings. The van der Waals surface area contributed by atoms with Crippen LogP contribution in [0.25, 0.3) is 0 Å². The molecule has 2 rings (SSSR count). The molecular weight excluding hydrogens is 284 g/mol. The molecule has 0 saturated carbocycles. The number of nitrogens with zero attached hydrogens (tertiary/aromatic N) is 2. The van der Waals surface area contributed by atoms with Gasteiger partial charge in [-0.05, 0) is 18.5 Å². The number of benzene rings is 1. The Morgan fingerprint density at radius 3 is 2.57 bits per heavy atom. The summed E-state index contributed by atoms with van der Waals surface area (Å²) < 4.78 is 1.56. The van der Waals surface area contributed by atoms with Gasteiger partial charge >= 0.3 is 5.69 Å². The molecule has 0 amide bonds. The maximum absolute atomic E-state index is 11.5. The number of aromatic amines is 1. The van der Waals surface area contributed by atoms with Gasteiger partial charge in [-0.1, -0.05) is 55.9 Å². The zero-order valence-electron chi connectivity index (χ0n) is 12.7. The first-order valence-electron chi connectivity index (χ1n) is 7.23. The molecule has 0 aliphatic carbocycles. The molecular formula is C15H22N4OS. The van der Waals surface area contributed by atoms with Crippen molar-refractivity contribution in [1.82, 2.24) is 20.1 Å². The second-order valence-corrected chi connectivity index (χ2v) is 6.09. The van der Waals surface area contributed by atoms with Crippen LogP contribution in [0.2, 0.25) is 0 Å². The molecule has 2 atom stereocenters. The number of H-pyrrole nitrogens is 1. The third-order valence-corrected chi connectivity index (χ3v) is 4.94. The van der Waals surface area contributed by atoms with Crippen molar-refractivity contribution in [3.63, 3.8) is 0 Å². The minimum absolute atomic E-state index is 0.174. The van der Waals surface area contributed by atoms with Crippen LogP contribution < -0.4 is 11.0 Å². The Morgan fingerprint density at radius 2 is 2.05 bits per heavy atom. The van der Waals surface area contributed by atoms with Crippen molar-refractivity contribution in [2.75, 3.05) is 6.54 Å². The lowest BCUT2D eigenvalue weighted by Gasteiger charge is -2.26. The summed E-state index contributed by atoms with van der Waals surface area (Å²) in [4.78, 5) is 11.5. The molecule has 0 saturated heterocycles. The highest BCUT2D eigenvalue weighted by Crippen LogP contribution is 2.32. The molecule has 114 valence electrons. The van der Waals surface area contributed by atoms with Gasteiger partial charge in [0.1, 0.15) is 0 Å². The first kappa shape index (κ1) is 15.9. The van der Waals surface area contributed by atoms with Crippen LogP contribution in [-0.4, -0.2) is 26.6 Å². The summed E-state index contributed by atoms with van der Waals surface area (Å²) in [7, 11) is 1.74. The zero-order chi connectivity index (χ0) is 15.2. The normalized spacial score (nSPS) is 14.0. The highest BCUT2D eigenvalue weighted by atomic mass is 32.2. The fourth-order valence-electron chi connectivity index (χ4n) is 2.30. The van der Waals surface area contributed by atoms with E-state index >= 15 is 0 Å². The maximum atomic E-state index is 11.5. The first-order chi connectivity index (χ1) is 10.2. The van der Waals surface area contributed by atoms with E-state index < -0.39 is 0 Å². The summed E-state index contributed by atoms with van der Waals surface area (Å²) in [6.45, 7) is 5.17. The monoisotopic (exact) mass is 306 g/mol. The van der Waals surface area contributed by atoms with E-state index in [1.165, 1.54) is 5.56 Å². The topological polar surface area (TPSA) is 62.7 Å². The largest absolute Gasteiger partial charge is 0.343 e. The van der Waals surface area contributed by atoms with Crippen LogP contribution in [0.5, 0.6) is 0 Å². The van der Waals surface area contributed by atoms with Gasteiger partial charge < -0.3 is 5.32 Å². The second-order valence-electron chi connectivity index (χ2n) is 4.88. The van der Waals surface area contributed by atoms with Crippen LogP contribution >= 0.6 is 11.8 Å². The molecule has 0 bridgehead atoms. The van der Waals surface area contributed by atoms with Crippen molar-refractivity contribution in [3.8, 4) is 0 Å². The van der Waals surface area contributed by atoms with E-state index in [9.17, 15) is 4.79 Å². The zero-order valence-corrected chi connectivity index (χ0v) is 13.5. The molecule has 5 nitrogen and oxygen atoms in total. The Bertz CT molecular complexity index is 608. The molecule has 2 N–H and O–H groups in total. The Morgan fingerprint density at radius 1 is 1.33 bits per heavy atom. The predicted octanol–water partition coefficient (Wildman–Crippen LogP) is 2.33. The van der Waals surface area contributed by atoms with Gasteiger partial charge in [-0.25, -0.2) is 9.89 Å². The molecule has 0 radical (unpaired) electrons. The summed E-state index contributed by atoms with van der Waals surface area (Å²) in [6, 6.07) is 10.7. The van der Waals surface area contributed by atoms with Gasteiger partial charge in [0.05, 0.1) is 0 Å². The number of hydrogen-bond acceptors (Lipinski definition) is 4. The lowest BCUT2D eigenvalue weighted by atomic mass is 10.0. The van der Waals surface area contributed by atoms with E-state index in [0.29, 0.717) is 5.25 Å². The van der Waals surface area contributed by atoms with Gasteiger partial charge in [0, 0.05) is 18.3 Å². The molecule has 21 heavy (non-hydrogen) atoms. The van der Waals surface area contributed by atoms with Crippen LogP contribution in [0.4, 0.5) is 0 Å². The van der Waals surface area contributed by atoms with Crippen LogP contribution in [0.15, 0.2) is 40.3 Å². The molecule has 0 spiro atoms. The summed E-state index contributed by atoms with van der Waals surface area (Å²) in [5.41, 5.74) is 1.09. The standard InChI is InChI=1S/C15H22N4OS/c1-4-12(21-15-18-17-14(20)19(15)3)13(16-5-2)11-9-7-6-8-10-11/h6-10,12-13,16H,4-5H2,1-3H3,(H,17,20). The number of rotatable bonds is 7. The van der Waals surface area contributed by atoms with Gasteiger partial charge in [0.2, 0.25) is 0 Å². The van der Waals surface area contributed by atoms with Crippen molar-refractivity contribution in [2.24, 2.45) is 7.05 Å². The van der Waals surface area contributed by atoms with E-state index in [2.05, 4.69) is 53.6 Å². The SMILES string of the molecule is CCNC(c1ccccc1)C(CC)Sc1n[nH]c(=O)n1C. The molecule has 2 unspecified atom stereocenters. The quantitative estimate of drug-likeness (QED) is 0.771. The Balaban J connectivity index is 2.24. The minimum atomic E-state index is -0.174. The van der Waals surface area contributed by atoms with E-state index in [1.807, 2.05) is 6.07 Å². The highest BCUT2D eigenvalue weighted by Gasteiger charge is 2.24. The fraction of sp³-hybridized carbons (Fsp3) is 0.467. The van der Waals surface area contributed by atoms with Crippen LogP contribution in [-0.2, 0) is 7.05 Å². The summed E-state index contributed by atoms with van der Waals surface area (Å²) in [5.74, 6) is 0. The van der Waals surface area contributed by atoms with Gasteiger partial charge in [0.25, 0.3) is 0 Å². The van der Waals surface area contributed by atoms with Gasteiger partial charge in [-0.15, -0.1) is 5.10 Å². The molecule has 1 aromatic carbocycles. The second kappa shape index (κ2) is 7.47. The fourth-order valence-corrected chi connectivity index (χ4v) is 3.47. The van der Waals surface area contributed by atoms with Crippen LogP contribution in [0, 0.1) is 0 Å². The van der Waals surface area contributed by atoms with Gasteiger partial charge in [0.15, 0.2) is 5.16 Å². The molecule has 0 aliphatic heterocycles. The average molecular weight is 306 g/mol. The lowest BCUT2D eigenvalue weighted by Crippen LogP contribution is -2.30. The third kappa shape index (κ3) is 3.77. The summed E-state index contributed by atoms with van der Waals surface area (Å²) in [5, 5.41) is 11.2. The van der Waals surface area contributed by atoms with E-state index in [-0.39, 0.29) is 11.7 Å². The number of thioether (sulfide) groups is 1. The predicted molar refractivity (Wildman–Crippen MR) is 86.6 cm³/mol. The average Bonchev–Trinajstić information content (AvgIpc) is 2.83. The number of nitrogens with one attached hydrogen (secondary N) is 2. The summed E-state index contributed by atoms with van der Waals surface area (Å²) in [6.07, 6.45) is 0.984. The maximum Gasteiger partial charge on any atom is 0.343 e. The van der Waals surface area contributed by atoms with E-state index in [0.717, 1.165) is 18.1 Å². The Labute approximate surface area is 129 Å². The molecule has 0 fully saturated rings. The van der Waals surface area contributed by atoms with Crippen molar-refractivity contribution in [1.29, 1.82) is 0 Å². The Hall–Kier alpha value is -1.53. The molecule has 0 aliphatic rings. The third-order valence-electron chi connectivity index (χ3n) is 3.45. The molecule has 6 heteroatoms. The molecule has 1 aromatic heterocycles. The smallest absolute Gasteiger partial charge is 0.309 e. The van der Waals surface area contributed by atoms with Gasteiger partial charge in [-0.2, -0.15) is 0 Å². The number of hydrogen-bond donors (Lipinski definition) is 2. The minimum Gasteiger partial charge on any atom is -0.309 e. The van der Waals surface area contributed by atoms with Crippen molar-refractivity contribution >= 4 is 11.8 Å². The van der Waals surface area contributed by atoms with Crippen LogP contribution in [0.3, 0.4) is 0 Å². The lowest BCUT2D eigenvalue weighted by molar-refractivity contribution is 0.520. The molecule has 1 heterocycles. The highest BCUT2D eigenvalue weighted by molar-refractivity contribution is 7.99. The van der Waals surface area contributed by atoms with Gasteiger partial charge in [-0.3, -0.25) is 4.57 Å². The van der Waals surface area contributed by atoms with E-state index in [1.54, 1.807) is 23.4 Å². The van der Waals surface area contributed by atoms with Crippen LogP contribution in [0.1, 0.15) is 31.9 Å². The van der Waals surface area contributed by atoms with Crippen molar-refractivity contribution < 1.29 is 0 Å².